The Kier molecular flexibility index (Phi) is 7.66. The number of anilines is 1. The molecule has 4 rings (SSSR count). The maximum absolute atomic E-state index is 12.8. The number of thioether (sulfide) groups is 1. The van der Waals surface area contributed by atoms with Gasteiger partial charge < -0.3 is 19.7 Å². The zero-order valence-corrected chi connectivity index (χ0v) is 22.3. The second-order valence-electron chi connectivity index (χ2n) is 8.15. The van der Waals surface area contributed by atoms with Crippen LogP contribution < -0.4 is 10.1 Å². The molecule has 0 aromatic heterocycles. The van der Waals surface area contributed by atoms with Crippen LogP contribution in [0.15, 0.2) is 68.7 Å². The molecule has 7 nitrogen and oxygen atoms in total. The van der Waals surface area contributed by atoms with Crippen molar-refractivity contribution in [1.29, 1.82) is 0 Å². The van der Waals surface area contributed by atoms with Crippen LogP contribution in [0.25, 0.3) is 0 Å². The summed E-state index contributed by atoms with van der Waals surface area (Å²) in [6.07, 6.45) is 1.92. The highest BCUT2D eigenvalue weighted by atomic mass is 79.9. The molecular formula is C26H26BrN3O4S. The van der Waals surface area contributed by atoms with Gasteiger partial charge in [0, 0.05) is 16.4 Å². The van der Waals surface area contributed by atoms with Gasteiger partial charge in [0.1, 0.15) is 5.75 Å². The predicted molar refractivity (Wildman–Crippen MR) is 142 cm³/mol. The highest BCUT2D eigenvalue weighted by molar-refractivity contribution is 9.10. The largest absolute Gasteiger partial charge is 0.484 e. The number of aliphatic imine (C=N–C) groups is 1. The summed E-state index contributed by atoms with van der Waals surface area (Å²) < 4.78 is 12.0. The Morgan fingerprint density at radius 2 is 1.83 bits per heavy atom. The van der Waals surface area contributed by atoms with E-state index in [4.69, 9.17) is 9.47 Å². The van der Waals surface area contributed by atoms with Crippen LogP contribution in [0.5, 0.6) is 5.75 Å². The van der Waals surface area contributed by atoms with E-state index in [-0.39, 0.29) is 31.1 Å². The maximum Gasteiger partial charge on any atom is 0.338 e. The van der Waals surface area contributed by atoms with Crippen molar-refractivity contribution in [3.8, 4) is 5.75 Å². The quantitative estimate of drug-likeness (QED) is 0.431. The molecular weight excluding hydrogens is 530 g/mol. The summed E-state index contributed by atoms with van der Waals surface area (Å²) in [5, 5.41) is 5.69. The molecule has 182 valence electrons. The number of hydrogen-bond donors (Lipinski definition) is 1. The van der Waals surface area contributed by atoms with Gasteiger partial charge in [-0.3, -0.25) is 4.79 Å². The van der Waals surface area contributed by atoms with Crippen molar-refractivity contribution >= 4 is 50.4 Å². The summed E-state index contributed by atoms with van der Waals surface area (Å²) in [4.78, 5) is 31.8. The number of esters is 1. The van der Waals surface area contributed by atoms with Gasteiger partial charge in [-0.25, -0.2) is 9.79 Å². The van der Waals surface area contributed by atoms with E-state index in [2.05, 4.69) is 26.2 Å². The maximum atomic E-state index is 12.8. The molecule has 1 amide bonds. The molecule has 1 atom stereocenters. The van der Waals surface area contributed by atoms with Gasteiger partial charge in [0.25, 0.3) is 5.91 Å². The Bertz CT molecular complexity index is 1230. The van der Waals surface area contributed by atoms with E-state index in [0.29, 0.717) is 17.0 Å². The van der Waals surface area contributed by atoms with Crippen molar-refractivity contribution in [2.45, 2.75) is 33.7 Å². The third-order valence-electron chi connectivity index (χ3n) is 5.64. The van der Waals surface area contributed by atoms with E-state index in [0.717, 1.165) is 32.0 Å². The summed E-state index contributed by atoms with van der Waals surface area (Å²) in [5.74, 6) is -0.0562. The first kappa shape index (κ1) is 25.1. The monoisotopic (exact) mass is 555 g/mol. The number of benzene rings is 2. The number of halogens is 1. The number of carbonyl (C=O) groups excluding carboxylic acids is 2. The summed E-state index contributed by atoms with van der Waals surface area (Å²) in [6, 6.07) is 11.0. The van der Waals surface area contributed by atoms with Gasteiger partial charge >= 0.3 is 5.97 Å². The lowest BCUT2D eigenvalue weighted by Gasteiger charge is -2.33. The van der Waals surface area contributed by atoms with E-state index in [1.54, 1.807) is 19.1 Å². The molecule has 2 aliphatic heterocycles. The van der Waals surface area contributed by atoms with Crippen molar-refractivity contribution in [2.24, 2.45) is 4.99 Å². The third kappa shape index (κ3) is 5.46. The first-order chi connectivity index (χ1) is 16.8. The molecule has 0 radical (unpaired) electrons. The van der Waals surface area contributed by atoms with Crippen LogP contribution in [0.1, 0.15) is 36.6 Å². The van der Waals surface area contributed by atoms with E-state index in [1.807, 2.05) is 61.5 Å². The van der Waals surface area contributed by atoms with Gasteiger partial charge in [-0.1, -0.05) is 39.8 Å². The number of fused-ring (bicyclic) bond motifs is 1. The van der Waals surface area contributed by atoms with E-state index < -0.39 is 0 Å². The zero-order chi connectivity index (χ0) is 25.1. The van der Waals surface area contributed by atoms with Crippen LogP contribution in [0.3, 0.4) is 0 Å². The Labute approximate surface area is 217 Å². The lowest BCUT2D eigenvalue weighted by molar-refractivity contribution is -0.139. The number of carbonyl (C=O) groups is 2. The summed E-state index contributed by atoms with van der Waals surface area (Å²) in [5.41, 5.74) is 4.78. The van der Waals surface area contributed by atoms with Crippen LogP contribution in [-0.4, -0.2) is 35.2 Å². The Hall–Kier alpha value is -3.04. The van der Waals surface area contributed by atoms with Crippen LogP contribution in [0.2, 0.25) is 0 Å². The standard InChI is InChI=1S/C26H26BrN3O4S/c1-5-33-25(32)22-17(4)28-26-30(10-11-35-26)24(22)18-6-8-20(9-7-18)34-14-21(31)29-23-15(2)12-19(27)13-16(23)3/h6-13,24H,5,14H2,1-4H3,(H,29,31)/t24-/m1/s1. The zero-order valence-electron chi connectivity index (χ0n) is 19.9. The highest BCUT2D eigenvalue weighted by Crippen LogP contribution is 2.41. The molecule has 0 aliphatic carbocycles. The Morgan fingerprint density at radius 1 is 1.14 bits per heavy atom. The number of aryl methyl sites for hydroxylation is 2. The van der Waals surface area contributed by atoms with Crippen LogP contribution in [-0.2, 0) is 14.3 Å². The molecule has 0 saturated heterocycles. The highest BCUT2D eigenvalue weighted by Gasteiger charge is 2.37. The number of nitrogens with one attached hydrogen (secondary N) is 1. The molecule has 35 heavy (non-hydrogen) atoms. The number of amidine groups is 1. The third-order valence-corrected chi connectivity index (χ3v) is 6.87. The summed E-state index contributed by atoms with van der Waals surface area (Å²) in [7, 11) is 0. The van der Waals surface area contributed by atoms with Crippen molar-refractivity contribution in [3.63, 3.8) is 0 Å². The Balaban J connectivity index is 1.47. The first-order valence-corrected chi connectivity index (χ1v) is 12.8. The van der Waals surface area contributed by atoms with Crippen molar-refractivity contribution in [1.82, 2.24) is 4.90 Å². The molecule has 2 heterocycles. The topological polar surface area (TPSA) is 80.2 Å². The fourth-order valence-electron chi connectivity index (χ4n) is 4.08. The van der Waals surface area contributed by atoms with Gasteiger partial charge in [-0.2, -0.15) is 0 Å². The molecule has 2 aromatic rings. The fraction of sp³-hybridized carbons (Fsp3) is 0.269. The number of amides is 1. The van der Waals surface area contributed by atoms with E-state index in [9.17, 15) is 9.59 Å². The Morgan fingerprint density at radius 3 is 2.49 bits per heavy atom. The smallest absolute Gasteiger partial charge is 0.338 e. The molecule has 2 aromatic carbocycles. The number of nitrogens with zero attached hydrogens (tertiary/aromatic N) is 2. The van der Waals surface area contributed by atoms with Gasteiger partial charge in [0.2, 0.25) is 0 Å². The molecule has 0 saturated carbocycles. The predicted octanol–water partition coefficient (Wildman–Crippen LogP) is 5.85. The lowest BCUT2D eigenvalue weighted by atomic mass is 9.95. The minimum Gasteiger partial charge on any atom is -0.484 e. The number of hydrogen-bond acceptors (Lipinski definition) is 7. The fourth-order valence-corrected chi connectivity index (χ4v) is 5.55. The van der Waals surface area contributed by atoms with Gasteiger partial charge in [0.15, 0.2) is 11.8 Å². The minimum absolute atomic E-state index is 0.118. The van der Waals surface area contributed by atoms with E-state index in [1.165, 1.54) is 11.8 Å². The lowest BCUT2D eigenvalue weighted by Crippen LogP contribution is -2.34. The van der Waals surface area contributed by atoms with Gasteiger partial charge in [-0.15, -0.1) is 0 Å². The molecule has 0 spiro atoms. The van der Waals surface area contributed by atoms with Crippen molar-refractivity contribution < 1.29 is 19.1 Å². The average molecular weight is 556 g/mol. The van der Waals surface area contributed by atoms with Gasteiger partial charge in [0.05, 0.1) is 23.9 Å². The second-order valence-corrected chi connectivity index (χ2v) is 9.94. The number of ether oxygens (including phenoxy) is 2. The molecule has 1 N–H and O–H groups in total. The molecule has 0 unspecified atom stereocenters. The molecule has 0 fully saturated rings. The number of rotatable bonds is 7. The first-order valence-electron chi connectivity index (χ1n) is 11.2. The SMILES string of the molecule is CCOC(=O)C1=C(C)N=C2SC=CN2[C@@H]1c1ccc(OCC(=O)Nc2c(C)cc(Br)cc2C)cc1. The van der Waals surface area contributed by atoms with Crippen molar-refractivity contribution in [2.75, 3.05) is 18.5 Å². The molecule has 0 bridgehead atoms. The van der Waals surface area contributed by atoms with Crippen molar-refractivity contribution in [3.05, 3.63) is 80.4 Å². The summed E-state index contributed by atoms with van der Waals surface area (Å²) >= 11 is 4.98. The van der Waals surface area contributed by atoms with E-state index >= 15 is 0 Å². The van der Waals surface area contributed by atoms with Crippen LogP contribution in [0.4, 0.5) is 5.69 Å². The summed E-state index contributed by atoms with van der Waals surface area (Å²) in [6.45, 7) is 7.68. The minimum atomic E-state index is -0.376. The van der Waals surface area contributed by atoms with Crippen LogP contribution >= 0.6 is 27.7 Å². The second kappa shape index (κ2) is 10.7. The van der Waals surface area contributed by atoms with Crippen LogP contribution in [0, 0.1) is 13.8 Å². The molecule has 2 aliphatic rings. The van der Waals surface area contributed by atoms with Gasteiger partial charge in [-0.05, 0) is 74.1 Å². The normalized spacial score (nSPS) is 16.7. The molecule has 9 heteroatoms. The average Bonchev–Trinajstić information content (AvgIpc) is 3.27. The number of allylic oxidation sites excluding steroid dienone is 1.